The van der Waals surface area contributed by atoms with E-state index < -0.39 is 0 Å². The Kier molecular flexibility index (Phi) is 6.97. The van der Waals surface area contributed by atoms with Crippen LogP contribution in [0.4, 0.5) is 0 Å². The molecule has 0 bridgehead atoms. The number of likely N-dealkylation sites (N-methyl/N-ethyl adjacent to an activating group) is 1. The lowest BCUT2D eigenvalue weighted by Gasteiger charge is -2.20. The number of benzene rings is 2. The first kappa shape index (κ1) is 22.6. The van der Waals surface area contributed by atoms with Crippen LogP contribution in [0.1, 0.15) is 34.2 Å². The van der Waals surface area contributed by atoms with Gasteiger partial charge in [0.2, 0.25) is 5.91 Å². The van der Waals surface area contributed by atoms with Gasteiger partial charge in [-0.2, -0.15) is 0 Å². The zero-order chi connectivity index (χ0) is 22.7. The SMILES string of the molecule is COc1ccc2c(CCN(C)CCCN3C=Cc4cc(C)c(C)cc4CC3=O)csc2c1. The molecule has 32 heavy (non-hydrogen) atoms. The summed E-state index contributed by atoms with van der Waals surface area (Å²) in [4.78, 5) is 17.0. The van der Waals surface area contributed by atoms with Gasteiger partial charge in [0.1, 0.15) is 5.75 Å². The van der Waals surface area contributed by atoms with Crippen LogP contribution in [-0.4, -0.2) is 49.5 Å². The second-order valence-corrected chi connectivity index (χ2v) is 9.66. The molecule has 0 saturated heterocycles. The predicted octanol–water partition coefficient (Wildman–Crippen LogP) is 5.45. The standard InChI is InChI=1S/C27H32N2O2S/c1-19-14-21-9-13-29(27(30)16-23(21)15-20(19)2)11-5-10-28(3)12-8-22-18-32-26-17-24(31-4)6-7-25(22)26/h6-7,9,13-15,17-18H,5,8,10-12,16H2,1-4H3. The highest BCUT2D eigenvalue weighted by Crippen LogP contribution is 2.30. The number of thiophene rings is 1. The number of ether oxygens (including phenoxy) is 1. The van der Waals surface area contributed by atoms with E-state index in [0.29, 0.717) is 6.42 Å². The van der Waals surface area contributed by atoms with Crippen LogP contribution < -0.4 is 4.74 Å². The molecular formula is C27H32N2O2S. The van der Waals surface area contributed by atoms with Gasteiger partial charge in [0.15, 0.2) is 0 Å². The first-order valence-electron chi connectivity index (χ1n) is 11.2. The lowest BCUT2D eigenvalue weighted by molar-refractivity contribution is -0.127. The maximum Gasteiger partial charge on any atom is 0.230 e. The molecule has 1 aliphatic rings. The Labute approximate surface area is 195 Å². The van der Waals surface area contributed by atoms with Crippen LogP contribution in [0.15, 0.2) is 41.9 Å². The van der Waals surface area contributed by atoms with Crippen molar-refractivity contribution in [3.8, 4) is 5.75 Å². The van der Waals surface area contributed by atoms with Crippen molar-refractivity contribution in [2.45, 2.75) is 33.1 Å². The number of rotatable bonds is 8. The van der Waals surface area contributed by atoms with Gasteiger partial charge in [-0.25, -0.2) is 0 Å². The molecule has 3 aromatic rings. The molecule has 0 N–H and O–H groups in total. The molecule has 0 spiro atoms. The van der Waals surface area contributed by atoms with Crippen LogP contribution in [0.5, 0.6) is 5.75 Å². The minimum atomic E-state index is 0.186. The second kappa shape index (κ2) is 9.88. The summed E-state index contributed by atoms with van der Waals surface area (Å²) >= 11 is 1.78. The first-order valence-corrected chi connectivity index (χ1v) is 12.1. The molecule has 0 unspecified atom stereocenters. The fourth-order valence-electron chi connectivity index (χ4n) is 4.24. The predicted molar refractivity (Wildman–Crippen MR) is 135 cm³/mol. The van der Waals surface area contributed by atoms with Gasteiger partial charge < -0.3 is 14.5 Å². The van der Waals surface area contributed by atoms with Crippen molar-refractivity contribution in [1.29, 1.82) is 0 Å². The maximum absolute atomic E-state index is 12.8. The average molecular weight is 449 g/mol. The van der Waals surface area contributed by atoms with Crippen molar-refractivity contribution in [3.63, 3.8) is 0 Å². The summed E-state index contributed by atoms with van der Waals surface area (Å²) in [6, 6.07) is 10.7. The monoisotopic (exact) mass is 448 g/mol. The van der Waals surface area contributed by atoms with Crippen LogP contribution in [-0.2, 0) is 17.6 Å². The lowest BCUT2D eigenvalue weighted by Crippen LogP contribution is -2.30. The van der Waals surface area contributed by atoms with Crippen LogP contribution in [0.3, 0.4) is 0 Å². The molecule has 2 aromatic carbocycles. The zero-order valence-electron chi connectivity index (χ0n) is 19.5. The van der Waals surface area contributed by atoms with Gasteiger partial charge in [0, 0.05) is 24.0 Å². The first-order chi connectivity index (χ1) is 15.4. The summed E-state index contributed by atoms with van der Waals surface area (Å²) in [7, 11) is 3.87. The number of carbonyl (C=O) groups excluding carboxylic acids is 1. The van der Waals surface area contributed by atoms with E-state index in [0.717, 1.165) is 43.8 Å². The van der Waals surface area contributed by atoms with Crippen LogP contribution in [0, 0.1) is 13.8 Å². The molecule has 4 nitrogen and oxygen atoms in total. The van der Waals surface area contributed by atoms with Crippen molar-refractivity contribution < 1.29 is 9.53 Å². The molecular weight excluding hydrogens is 416 g/mol. The third kappa shape index (κ3) is 5.05. The summed E-state index contributed by atoms with van der Waals surface area (Å²) in [6.45, 7) is 6.97. The van der Waals surface area contributed by atoms with Gasteiger partial charge in [-0.1, -0.05) is 12.1 Å². The third-order valence-electron chi connectivity index (χ3n) is 6.42. The molecule has 0 saturated carbocycles. The number of carbonyl (C=O) groups is 1. The molecule has 1 aromatic heterocycles. The smallest absolute Gasteiger partial charge is 0.230 e. The number of aryl methyl sites for hydroxylation is 2. The van der Waals surface area contributed by atoms with E-state index in [9.17, 15) is 4.79 Å². The highest BCUT2D eigenvalue weighted by Gasteiger charge is 2.17. The number of methoxy groups -OCH3 is 1. The topological polar surface area (TPSA) is 32.8 Å². The van der Waals surface area contributed by atoms with E-state index >= 15 is 0 Å². The van der Waals surface area contributed by atoms with Crippen molar-refractivity contribution in [2.24, 2.45) is 0 Å². The molecule has 168 valence electrons. The number of nitrogens with zero attached hydrogens (tertiary/aromatic N) is 2. The largest absolute Gasteiger partial charge is 0.497 e. The Morgan fingerprint density at radius 1 is 1.12 bits per heavy atom. The van der Waals surface area contributed by atoms with E-state index in [1.54, 1.807) is 18.4 Å². The van der Waals surface area contributed by atoms with E-state index in [4.69, 9.17) is 4.74 Å². The Bertz CT molecular complexity index is 1150. The Morgan fingerprint density at radius 3 is 2.75 bits per heavy atom. The van der Waals surface area contributed by atoms with Gasteiger partial charge in [0.25, 0.3) is 0 Å². The average Bonchev–Trinajstić information content (AvgIpc) is 3.12. The number of hydrogen-bond acceptors (Lipinski definition) is 4. The number of hydrogen-bond donors (Lipinski definition) is 0. The molecule has 0 atom stereocenters. The van der Waals surface area contributed by atoms with Crippen LogP contribution >= 0.6 is 11.3 Å². The molecule has 1 aliphatic heterocycles. The molecule has 0 aliphatic carbocycles. The van der Waals surface area contributed by atoms with Crippen molar-refractivity contribution in [2.75, 3.05) is 33.8 Å². The van der Waals surface area contributed by atoms with Gasteiger partial charge in [-0.05, 0) is 103 Å². The Hall–Kier alpha value is -2.63. The minimum absolute atomic E-state index is 0.186. The fraction of sp³-hybridized carbons (Fsp3) is 0.370. The summed E-state index contributed by atoms with van der Waals surface area (Å²) < 4.78 is 6.61. The molecule has 0 fully saturated rings. The molecule has 1 amide bonds. The van der Waals surface area contributed by atoms with Crippen molar-refractivity contribution in [3.05, 3.63) is 69.7 Å². The molecule has 2 heterocycles. The van der Waals surface area contributed by atoms with Gasteiger partial charge in [-0.15, -0.1) is 11.3 Å². The van der Waals surface area contributed by atoms with E-state index in [2.05, 4.69) is 61.5 Å². The summed E-state index contributed by atoms with van der Waals surface area (Å²) in [5.74, 6) is 1.10. The summed E-state index contributed by atoms with van der Waals surface area (Å²) in [5.41, 5.74) is 6.22. The highest BCUT2D eigenvalue weighted by atomic mass is 32.1. The highest BCUT2D eigenvalue weighted by molar-refractivity contribution is 7.17. The quantitative estimate of drug-likeness (QED) is 0.460. The van der Waals surface area contributed by atoms with Crippen LogP contribution in [0.25, 0.3) is 16.2 Å². The lowest BCUT2D eigenvalue weighted by atomic mass is 9.98. The van der Waals surface area contributed by atoms with Crippen molar-refractivity contribution in [1.82, 2.24) is 9.80 Å². The molecule has 0 radical (unpaired) electrons. The fourth-order valence-corrected chi connectivity index (χ4v) is 5.27. The van der Waals surface area contributed by atoms with Gasteiger partial charge >= 0.3 is 0 Å². The molecule has 4 rings (SSSR count). The Balaban J connectivity index is 1.27. The number of amides is 1. The van der Waals surface area contributed by atoms with E-state index in [-0.39, 0.29) is 5.91 Å². The Morgan fingerprint density at radius 2 is 1.94 bits per heavy atom. The zero-order valence-corrected chi connectivity index (χ0v) is 20.3. The normalized spacial score (nSPS) is 13.7. The van der Waals surface area contributed by atoms with Crippen molar-refractivity contribution >= 4 is 33.4 Å². The summed E-state index contributed by atoms with van der Waals surface area (Å²) in [5, 5.41) is 3.59. The van der Waals surface area contributed by atoms with Gasteiger partial charge in [0.05, 0.1) is 13.5 Å². The van der Waals surface area contributed by atoms with Gasteiger partial charge in [-0.3, -0.25) is 4.79 Å². The van der Waals surface area contributed by atoms with E-state index in [1.807, 2.05) is 17.2 Å². The van der Waals surface area contributed by atoms with Crippen LogP contribution in [0.2, 0.25) is 0 Å². The number of fused-ring (bicyclic) bond motifs is 2. The van der Waals surface area contributed by atoms with E-state index in [1.165, 1.54) is 32.3 Å². The third-order valence-corrected chi connectivity index (χ3v) is 7.41. The maximum atomic E-state index is 12.8. The second-order valence-electron chi connectivity index (χ2n) is 8.74. The minimum Gasteiger partial charge on any atom is -0.497 e. The molecule has 5 heteroatoms. The summed E-state index contributed by atoms with van der Waals surface area (Å²) in [6.07, 6.45) is 6.53.